The average Bonchev–Trinajstić information content (AvgIpc) is 2.67. The summed E-state index contributed by atoms with van der Waals surface area (Å²) in [6, 6.07) is 9.84. The Kier molecular flexibility index (Phi) is 7.51. The minimum Gasteiger partial charge on any atom is -0.326 e. The first-order chi connectivity index (χ1) is 13.7. The van der Waals surface area contributed by atoms with Crippen molar-refractivity contribution in [2.75, 3.05) is 18.4 Å². The van der Waals surface area contributed by atoms with Crippen LogP contribution < -0.4 is 5.32 Å². The standard InChI is InChI=1S/C19H18BrCl3N2O3S/c20-16-6-5-15(9-18(16)23)24-19(26)12-2-1-7-25(10-12)29(27,28)11-13-3-4-14(21)8-17(13)22/h3-6,8-9,12H,1-2,7,10-11H2,(H,24,26)/t12-/m1/s1. The van der Waals surface area contributed by atoms with E-state index in [9.17, 15) is 13.2 Å². The third-order valence-electron chi connectivity index (χ3n) is 4.69. The molecule has 1 atom stereocenters. The van der Waals surface area contributed by atoms with Gasteiger partial charge in [0.05, 0.1) is 16.7 Å². The van der Waals surface area contributed by atoms with Gasteiger partial charge < -0.3 is 5.32 Å². The van der Waals surface area contributed by atoms with Crippen LogP contribution in [-0.2, 0) is 20.6 Å². The molecule has 1 amide bonds. The van der Waals surface area contributed by atoms with E-state index in [1.54, 1.807) is 30.3 Å². The van der Waals surface area contributed by atoms with Crippen LogP contribution in [0.4, 0.5) is 5.69 Å². The molecule has 1 heterocycles. The molecule has 0 bridgehead atoms. The molecule has 0 saturated carbocycles. The number of carbonyl (C=O) groups is 1. The van der Waals surface area contributed by atoms with Gasteiger partial charge in [-0.1, -0.05) is 40.9 Å². The summed E-state index contributed by atoms with van der Waals surface area (Å²) in [7, 11) is -3.62. The Morgan fingerprint density at radius 3 is 2.59 bits per heavy atom. The molecule has 1 saturated heterocycles. The summed E-state index contributed by atoms with van der Waals surface area (Å²) >= 11 is 21.4. The maximum atomic E-state index is 12.9. The second-order valence-electron chi connectivity index (χ2n) is 6.81. The Labute approximate surface area is 193 Å². The van der Waals surface area contributed by atoms with Crippen molar-refractivity contribution in [1.29, 1.82) is 0 Å². The quantitative estimate of drug-likeness (QED) is 0.538. The second kappa shape index (κ2) is 9.54. The van der Waals surface area contributed by atoms with E-state index in [0.717, 1.165) is 4.47 Å². The molecule has 0 unspecified atom stereocenters. The summed E-state index contributed by atoms with van der Waals surface area (Å²) in [5.41, 5.74) is 1.04. The van der Waals surface area contributed by atoms with Crippen molar-refractivity contribution in [3.63, 3.8) is 0 Å². The van der Waals surface area contributed by atoms with Gasteiger partial charge in [0.1, 0.15) is 0 Å². The Morgan fingerprint density at radius 2 is 1.90 bits per heavy atom. The monoisotopic (exact) mass is 538 g/mol. The first-order valence-electron chi connectivity index (χ1n) is 8.83. The van der Waals surface area contributed by atoms with Crippen molar-refractivity contribution < 1.29 is 13.2 Å². The molecule has 0 aromatic heterocycles. The summed E-state index contributed by atoms with van der Waals surface area (Å²) in [6.07, 6.45) is 1.22. The third kappa shape index (κ3) is 5.87. The molecular formula is C19H18BrCl3N2O3S. The first kappa shape index (κ1) is 22.8. The molecule has 0 spiro atoms. The van der Waals surface area contributed by atoms with Crippen molar-refractivity contribution in [1.82, 2.24) is 4.31 Å². The molecule has 2 aromatic rings. The van der Waals surface area contributed by atoms with E-state index < -0.39 is 15.9 Å². The van der Waals surface area contributed by atoms with Gasteiger partial charge in [0.15, 0.2) is 0 Å². The minimum atomic E-state index is -3.62. The summed E-state index contributed by atoms with van der Waals surface area (Å²) in [5, 5.41) is 4.05. The number of carbonyl (C=O) groups excluding carboxylic acids is 1. The largest absolute Gasteiger partial charge is 0.326 e. The first-order valence-corrected chi connectivity index (χ1v) is 12.4. The number of piperidine rings is 1. The number of halogens is 4. The normalized spacial score (nSPS) is 17.9. The number of anilines is 1. The van der Waals surface area contributed by atoms with Crippen LogP contribution in [0.15, 0.2) is 40.9 Å². The zero-order chi connectivity index (χ0) is 21.2. The van der Waals surface area contributed by atoms with E-state index in [0.29, 0.717) is 45.7 Å². The third-order valence-corrected chi connectivity index (χ3v) is 8.30. The van der Waals surface area contributed by atoms with Crippen LogP contribution in [-0.4, -0.2) is 31.7 Å². The van der Waals surface area contributed by atoms with E-state index in [2.05, 4.69) is 21.2 Å². The number of nitrogens with one attached hydrogen (secondary N) is 1. The van der Waals surface area contributed by atoms with Crippen molar-refractivity contribution in [2.24, 2.45) is 5.92 Å². The molecule has 156 valence electrons. The predicted octanol–water partition coefficient (Wildman–Crippen LogP) is 5.59. The SMILES string of the molecule is O=C(Nc1ccc(Br)c(Cl)c1)[C@@H]1CCCN(S(=O)(=O)Cc2ccc(Cl)cc2Cl)C1. The Hall–Kier alpha value is -0.830. The molecule has 3 rings (SSSR count). The summed E-state index contributed by atoms with van der Waals surface area (Å²) < 4.78 is 27.9. The molecule has 0 aliphatic carbocycles. The fourth-order valence-electron chi connectivity index (χ4n) is 3.15. The number of nitrogens with zero attached hydrogens (tertiary/aromatic N) is 1. The van der Waals surface area contributed by atoms with Crippen molar-refractivity contribution in [3.8, 4) is 0 Å². The summed E-state index contributed by atoms with van der Waals surface area (Å²) in [4.78, 5) is 12.7. The number of rotatable bonds is 5. The summed E-state index contributed by atoms with van der Waals surface area (Å²) in [5.74, 6) is -0.908. The Bertz CT molecular complexity index is 1030. The van der Waals surface area contributed by atoms with Gasteiger partial charge in [-0.05, 0) is 64.7 Å². The number of hydrogen-bond donors (Lipinski definition) is 1. The fourth-order valence-corrected chi connectivity index (χ4v) is 5.78. The van der Waals surface area contributed by atoms with Crippen molar-refractivity contribution in [3.05, 3.63) is 61.5 Å². The van der Waals surface area contributed by atoms with Gasteiger partial charge in [0.25, 0.3) is 0 Å². The molecule has 1 N–H and O–H groups in total. The highest BCUT2D eigenvalue weighted by Crippen LogP contribution is 2.28. The Balaban J connectivity index is 1.68. The van der Waals surface area contributed by atoms with Gasteiger partial charge in [0.2, 0.25) is 15.9 Å². The minimum absolute atomic E-state index is 0.129. The van der Waals surface area contributed by atoms with Gasteiger partial charge in [0, 0.05) is 33.3 Å². The topological polar surface area (TPSA) is 66.5 Å². The van der Waals surface area contributed by atoms with Crippen molar-refractivity contribution >= 4 is 72.4 Å². The average molecular weight is 541 g/mol. The Morgan fingerprint density at radius 1 is 1.14 bits per heavy atom. The van der Waals surface area contributed by atoms with Gasteiger partial charge in [-0.25, -0.2) is 12.7 Å². The highest BCUT2D eigenvalue weighted by atomic mass is 79.9. The lowest BCUT2D eigenvalue weighted by Crippen LogP contribution is -2.44. The van der Waals surface area contributed by atoms with Crippen molar-refractivity contribution in [2.45, 2.75) is 18.6 Å². The highest BCUT2D eigenvalue weighted by Gasteiger charge is 2.32. The van der Waals surface area contributed by atoms with Gasteiger partial charge in [-0.2, -0.15) is 0 Å². The zero-order valence-corrected chi connectivity index (χ0v) is 19.8. The van der Waals surface area contributed by atoms with Crippen LogP contribution in [0.3, 0.4) is 0 Å². The molecule has 1 aliphatic rings. The maximum absolute atomic E-state index is 12.9. The molecule has 1 aliphatic heterocycles. The molecule has 2 aromatic carbocycles. The van der Waals surface area contributed by atoms with E-state index in [1.807, 2.05) is 0 Å². The number of benzene rings is 2. The number of hydrogen-bond acceptors (Lipinski definition) is 3. The fraction of sp³-hybridized carbons (Fsp3) is 0.316. The summed E-state index contributed by atoms with van der Waals surface area (Å²) in [6.45, 7) is 0.505. The maximum Gasteiger partial charge on any atom is 0.228 e. The van der Waals surface area contributed by atoms with Crippen LogP contribution in [0, 0.1) is 5.92 Å². The van der Waals surface area contributed by atoms with E-state index in [-0.39, 0.29) is 18.2 Å². The van der Waals surface area contributed by atoms with Crippen LogP contribution >= 0.6 is 50.7 Å². The van der Waals surface area contributed by atoms with Crippen LogP contribution in [0.25, 0.3) is 0 Å². The lowest BCUT2D eigenvalue weighted by Gasteiger charge is -2.31. The van der Waals surface area contributed by atoms with E-state index >= 15 is 0 Å². The van der Waals surface area contributed by atoms with Crippen LogP contribution in [0.2, 0.25) is 15.1 Å². The van der Waals surface area contributed by atoms with E-state index in [1.165, 1.54) is 10.4 Å². The number of amides is 1. The van der Waals surface area contributed by atoms with E-state index in [4.69, 9.17) is 34.8 Å². The highest BCUT2D eigenvalue weighted by molar-refractivity contribution is 9.10. The lowest BCUT2D eigenvalue weighted by molar-refractivity contribution is -0.120. The number of sulfonamides is 1. The molecule has 5 nitrogen and oxygen atoms in total. The van der Waals surface area contributed by atoms with Crippen LogP contribution in [0.5, 0.6) is 0 Å². The van der Waals surface area contributed by atoms with Gasteiger partial charge >= 0.3 is 0 Å². The second-order valence-corrected chi connectivity index (χ2v) is 10.9. The van der Waals surface area contributed by atoms with Gasteiger partial charge in [-0.15, -0.1) is 0 Å². The molecule has 29 heavy (non-hydrogen) atoms. The molecule has 1 fully saturated rings. The van der Waals surface area contributed by atoms with Crippen LogP contribution in [0.1, 0.15) is 18.4 Å². The molecule has 0 radical (unpaired) electrons. The lowest BCUT2D eigenvalue weighted by atomic mass is 9.99. The zero-order valence-electron chi connectivity index (χ0n) is 15.2. The van der Waals surface area contributed by atoms with Gasteiger partial charge in [-0.3, -0.25) is 4.79 Å². The smallest absolute Gasteiger partial charge is 0.228 e. The predicted molar refractivity (Wildman–Crippen MR) is 121 cm³/mol. The molecule has 10 heteroatoms. The molecular weight excluding hydrogens is 523 g/mol.